The molecule has 0 saturated carbocycles. The quantitative estimate of drug-likeness (QED) is 0.630. The van der Waals surface area contributed by atoms with E-state index in [1.807, 2.05) is 0 Å². The molecular weight excluding hydrogens is 210 g/mol. The van der Waals surface area contributed by atoms with Crippen LogP contribution in [0.5, 0.6) is 0 Å². The van der Waals surface area contributed by atoms with Crippen molar-refractivity contribution in [1.29, 1.82) is 0 Å². The average Bonchev–Trinajstić information content (AvgIpc) is 2.81. The van der Waals surface area contributed by atoms with E-state index >= 15 is 0 Å². The Balaban J connectivity index is 1.76. The smallest absolute Gasteiger partial charge is 0.0290 e. The SMILES string of the molecule is NCC(N)CNCCc1ccc2c(c1)CCC2. The lowest BCUT2D eigenvalue weighted by Gasteiger charge is -2.10. The van der Waals surface area contributed by atoms with E-state index < -0.39 is 0 Å². The number of hydrogen-bond acceptors (Lipinski definition) is 3. The summed E-state index contributed by atoms with van der Waals surface area (Å²) in [6.07, 6.45) is 4.92. The van der Waals surface area contributed by atoms with Crippen LogP contribution in [0, 0.1) is 0 Å². The highest BCUT2D eigenvalue weighted by Gasteiger charge is 2.10. The molecule has 17 heavy (non-hydrogen) atoms. The van der Waals surface area contributed by atoms with Crippen molar-refractivity contribution in [3.05, 3.63) is 34.9 Å². The minimum atomic E-state index is 0.0787. The highest BCUT2D eigenvalue weighted by molar-refractivity contribution is 5.35. The first-order chi connectivity index (χ1) is 8.29. The molecule has 3 heteroatoms. The second-order valence-corrected chi connectivity index (χ2v) is 4.91. The predicted octanol–water partition coefficient (Wildman–Crippen LogP) is 0.593. The summed E-state index contributed by atoms with van der Waals surface area (Å²) in [4.78, 5) is 0. The molecule has 0 radical (unpaired) electrons. The van der Waals surface area contributed by atoms with Gasteiger partial charge in [0.05, 0.1) is 0 Å². The number of hydrogen-bond donors (Lipinski definition) is 3. The second kappa shape index (κ2) is 6.15. The van der Waals surface area contributed by atoms with Gasteiger partial charge in [-0.05, 0) is 48.9 Å². The van der Waals surface area contributed by atoms with Crippen molar-refractivity contribution in [2.45, 2.75) is 31.7 Å². The largest absolute Gasteiger partial charge is 0.329 e. The van der Waals surface area contributed by atoms with E-state index in [0.29, 0.717) is 6.54 Å². The third-order valence-electron chi connectivity index (χ3n) is 3.46. The summed E-state index contributed by atoms with van der Waals surface area (Å²) < 4.78 is 0. The predicted molar refractivity (Wildman–Crippen MR) is 72.1 cm³/mol. The van der Waals surface area contributed by atoms with E-state index in [0.717, 1.165) is 19.5 Å². The Morgan fingerprint density at radius 3 is 2.88 bits per heavy atom. The number of fused-ring (bicyclic) bond motifs is 1. The molecule has 0 amide bonds. The van der Waals surface area contributed by atoms with E-state index in [2.05, 4.69) is 23.5 Å². The molecule has 0 fully saturated rings. The fraction of sp³-hybridized carbons (Fsp3) is 0.571. The van der Waals surface area contributed by atoms with Gasteiger partial charge in [0.1, 0.15) is 0 Å². The summed E-state index contributed by atoms with van der Waals surface area (Å²) in [5.74, 6) is 0. The first-order valence-corrected chi connectivity index (χ1v) is 6.56. The van der Waals surface area contributed by atoms with Gasteiger partial charge >= 0.3 is 0 Å². The average molecular weight is 233 g/mol. The summed E-state index contributed by atoms with van der Waals surface area (Å²) in [6.45, 7) is 2.33. The van der Waals surface area contributed by atoms with Crippen LogP contribution in [0.4, 0.5) is 0 Å². The molecule has 0 heterocycles. The Labute approximate surface area is 104 Å². The Morgan fingerprint density at radius 1 is 1.24 bits per heavy atom. The van der Waals surface area contributed by atoms with Gasteiger partial charge in [0.15, 0.2) is 0 Å². The maximum Gasteiger partial charge on any atom is 0.0290 e. The van der Waals surface area contributed by atoms with Crippen molar-refractivity contribution < 1.29 is 0 Å². The summed E-state index contributed by atoms with van der Waals surface area (Å²) in [5.41, 5.74) is 15.7. The number of nitrogens with two attached hydrogens (primary N) is 2. The molecule has 94 valence electrons. The van der Waals surface area contributed by atoms with Crippen LogP contribution in [0.1, 0.15) is 23.1 Å². The summed E-state index contributed by atoms with van der Waals surface area (Å²) >= 11 is 0. The van der Waals surface area contributed by atoms with Crippen LogP contribution in [0.2, 0.25) is 0 Å². The summed E-state index contributed by atoms with van der Waals surface area (Å²) in [7, 11) is 0. The first-order valence-electron chi connectivity index (χ1n) is 6.56. The second-order valence-electron chi connectivity index (χ2n) is 4.91. The molecule has 1 aliphatic rings. The van der Waals surface area contributed by atoms with Crippen molar-refractivity contribution in [3.63, 3.8) is 0 Å². The lowest BCUT2D eigenvalue weighted by atomic mass is 10.0. The highest BCUT2D eigenvalue weighted by Crippen LogP contribution is 2.22. The molecule has 1 atom stereocenters. The zero-order valence-corrected chi connectivity index (χ0v) is 10.4. The van der Waals surface area contributed by atoms with Crippen molar-refractivity contribution in [3.8, 4) is 0 Å². The van der Waals surface area contributed by atoms with Crippen LogP contribution >= 0.6 is 0 Å². The van der Waals surface area contributed by atoms with E-state index in [1.54, 1.807) is 11.1 Å². The number of benzene rings is 1. The number of nitrogens with one attached hydrogen (secondary N) is 1. The summed E-state index contributed by atoms with van der Waals surface area (Å²) in [5, 5.41) is 3.35. The minimum absolute atomic E-state index is 0.0787. The van der Waals surface area contributed by atoms with E-state index in [4.69, 9.17) is 11.5 Å². The zero-order valence-electron chi connectivity index (χ0n) is 10.4. The molecule has 1 aromatic carbocycles. The zero-order chi connectivity index (χ0) is 12.1. The maximum absolute atomic E-state index is 5.74. The van der Waals surface area contributed by atoms with Gasteiger partial charge in [0, 0.05) is 19.1 Å². The Morgan fingerprint density at radius 2 is 2.06 bits per heavy atom. The van der Waals surface area contributed by atoms with Gasteiger partial charge < -0.3 is 16.8 Å². The van der Waals surface area contributed by atoms with Gasteiger partial charge in [0.25, 0.3) is 0 Å². The number of rotatable bonds is 6. The van der Waals surface area contributed by atoms with Crippen molar-refractivity contribution in [2.75, 3.05) is 19.6 Å². The van der Waals surface area contributed by atoms with Gasteiger partial charge in [-0.3, -0.25) is 0 Å². The molecule has 1 aromatic rings. The molecule has 0 aliphatic heterocycles. The molecule has 2 rings (SSSR count). The first kappa shape index (κ1) is 12.6. The van der Waals surface area contributed by atoms with Crippen LogP contribution < -0.4 is 16.8 Å². The van der Waals surface area contributed by atoms with E-state index in [1.165, 1.54) is 24.8 Å². The molecular formula is C14H23N3. The van der Waals surface area contributed by atoms with Crippen LogP contribution in [-0.2, 0) is 19.3 Å². The fourth-order valence-corrected chi connectivity index (χ4v) is 2.38. The summed E-state index contributed by atoms with van der Waals surface area (Å²) in [6, 6.07) is 7.00. The lowest BCUT2D eigenvalue weighted by molar-refractivity contribution is 0.583. The molecule has 0 saturated heterocycles. The molecule has 0 spiro atoms. The van der Waals surface area contributed by atoms with Crippen molar-refractivity contribution in [2.24, 2.45) is 11.5 Å². The van der Waals surface area contributed by atoms with Crippen LogP contribution in [0.25, 0.3) is 0 Å². The molecule has 5 N–H and O–H groups in total. The molecule has 0 bridgehead atoms. The van der Waals surface area contributed by atoms with Gasteiger partial charge in [-0.2, -0.15) is 0 Å². The lowest BCUT2D eigenvalue weighted by Crippen LogP contribution is -2.40. The monoisotopic (exact) mass is 233 g/mol. The molecule has 1 unspecified atom stereocenters. The molecule has 1 aliphatic carbocycles. The van der Waals surface area contributed by atoms with Gasteiger partial charge in [-0.25, -0.2) is 0 Å². The van der Waals surface area contributed by atoms with E-state index in [-0.39, 0.29) is 6.04 Å². The van der Waals surface area contributed by atoms with Gasteiger partial charge in [-0.15, -0.1) is 0 Å². The van der Waals surface area contributed by atoms with Gasteiger partial charge in [0.2, 0.25) is 0 Å². The molecule has 0 aromatic heterocycles. The maximum atomic E-state index is 5.74. The van der Waals surface area contributed by atoms with Gasteiger partial charge in [-0.1, -0.05) is 18.2 Å². The Kier molecular flexibility index (Phi) is 4.54. The topological polar surface area (TPSA) is 64.1 Å². The normalized spacial score (nSPS) is 15.9. The highest BCUT2D eigenvalue weighted by atomic mass is 14.9. The third kappa shape index (κ3) is 3.53. The van der Waals surface area contributed by atoms with Crippen molar-refractivity contribution >= 4 is 0 Å². The van der Waals surface area contributed by atoms with Crippen LogP contribution in [-0.4, -0.2) is 25.7 Å². The number of aryl methyl sites for hydroxylation is 2. The minimum Gasteiger partial charge on any atom is -0.329 e. The fourth-order valence-electron chi connectivity index (χ4n) is 2.38. The Hall–Kier alpha value is -0.900. The third-order valence-corrected chi connectivity index (χ3v) is 3.46. The van der Waals surface area contributed by atoms with Crippen molar-refractivity contribution in [1.82, 2.24) is 5.32 Å². The standard InChI is InChI=1S/C14H23N3/c15-9-14(16)10-17-7-6-11-4-5-12-2-1-3-13(12)8-11/h4-5,8,14,17H,1-3,6-7,9-10,15-16H2. The Bertz CT molecular complexity index is 362. The molecule has 3 nitrogen and oxygen atoms in total. The van der Waals surface area contributed by atoms with E-state index in [9.17, 15) is 0 Å². The van der Waals surface area contributed by atoms with Crippen LogP contribution in [0.15, 0.2) is 18.2 Å². The van der Waals surface area contributed by atoms with Crippen LogP contribution in [0.3, 0.4) is 0 Å².